The number of carbonyl (C=O) groups excluding carboxylic acids is 1. The third-order valence-corrected chi connectivity index (χ3v) is 6.52. The minimum Gasteiger partial charge on any atom is -0.495 e. The number of rotatable bonds is 7. The SMILES string of the molecule is COc1ccc(C)cc1N([C@H](C)C(=O)N[C@H](C)c1ccc(C(C)(C)C)cc1)S(C)(=O)=O. The molecule has 31 heavy (non-hydrogen) atoms. The Morgan fingerprint density at radius 2 is 1.65 bits per heavy atom. The Bertz CT molecular complexity index is 1020. The topological polar surface area (TPSA) is 75.7 Å². The van der Waals surface area contributed by atoms with E-state index in [9.17, 15) is 13.2 Å². The van der Waals surface area contributed by atoms with Crippen LogP contribution in [0.3, 0.4) is 0 Å². The number of hydrogen-bond donors (Lipinski definition) is 1. The van der Waals surface area contributed by atoms with Gasteiger partial charge >= 0.3 is 0 Å². The van der Waals surface area contributed by atoms with Gasteiger partial charge in [0.2, 0.25) is 15.9 Å². The summed E-state index contributed by atoms with van der Waals surface area (Å²) in [4.78, 5) is 13.0. The van der Waals surface area contributed by atoms with Crippen molar-refractivity contribution >= 4 is 21.6 Å². The Labute approximate surface area is 186 Å². The third-order valence-electron chi connectivity index (χ3n) is 5.30. The molecule has 0 unspecified atom stereocenters. The zero-order valence-corrected chi connectivity index (χ0v) is 20.5. The van der Waals surface area contributed by atoms with Gasteiger partial charge in [0.05, 0.1) is 25.1 Å². The number of anilines is 1. The second-order valence-corrected chi connectivity index (χ2v) is 10.9. The molecule has 0 saturated heterocycles. The van der Waals surface area contributed by atoms with Crippen LogP contribution in [0.5, 0.6) is 5.75 Å². The van der Waals surface area contributed by atoms with Crippen molar-refractivity contribution in [1.82, 2.24) is 5.32 Å². The van der Waals surface area contributed by atoms with Crippen LogP contribution in [0.2, 0.25) is 0 Å². The summed E-state index contributed by atoms with van der Waals surface area (Å²) in [6.45, 7) is 11.8. The van der Waals surface area contributed by atoms with Crippen molar-refractivity contribution in [2.24, 2.45) is 0 Å². The van der Waals surface area contributed by atoms with E-state index in [1.807, 2.05) is 32.0 Å². The van der Waals surface area contributed by atoms with Crippen LogP contribution in [-0.4, -0.2) is 33.7 Å². The molecule has 0 radical (unpaired) electrons. The molecule has 0 aliphatic rings. The van der Waals surface area contributed by atoms with Crippen molar-refractivity contribution in [2.75, 3.05) is 17.7 Å². The number of sulfonamides is 1. The summed E-state index contributed by atoms with van der Waals surface area (Å²) in [6, 6.07) is 12.1. The Hall–Kier alpha value is -2.54. The lowest BCUT2D eigenvalue weighted by Gasteiger charge is -2.30. The highest BCUT2D eigenvalue weighted by Crippen LogP contribution is 2.33. The molecule has 0 aromatic heterocycles. The molecular formula is C24H34N2O4S. The van der Waals surface area contributed by atoms with Gasteiger partial charge in [-0.3, -0.25) is 9.10 Å². The van der Waals surface area contributed by atoms with Gasteiger partial charge < -0.3 is 10.1 Å². The number of aryl methyl sites for hydroxylation is 1. The predicted molar refractivity (Wildman–Crippen MR) is 126 cm³/mol. The number of ether oxygens (including phenoxy) is 1. The van der Waals surface area contributed by atoms with Crippen molar-refractivity contribution in [1.29, 1.82) is 0 Å². The minimum absolute atomic E-state index is 0.0440. The summed E-state index contributed by atoms with van der Waals surface area (Å²) in [6.07, 6.45) is 1.09. The third kappa shape index (κ3) is 6.00. The molecule has 0 bridgehead atoms. The van der Waals surface area contributed by atoms with Gasteiger partial charge in [-0.05, 0) is 55.0 Å². The van der Waals surface area contributed by atoms with Crippen molar-refractivity contribution < 1.29 is 17.9 Å². The molecule has 0 spiro atoms. The molecule has 0 heterocycles. The summed E-state index contributed by atoms with van der Waals surface area (Å²) in [5.74, 6) is 0.00266. The first-order valence-corrected chi connectivity index (χ1v) is 12.2. The molecule has 2 rings (SSSR count). The van der Waals surface area contributed by atoms with Crippen molar-refractivity contribution in [3.63, 3.8) is 0 Å². The number of nitrogens with zero attached hydrogens (tertiary/aromatic N) is 1. The highest BCUT2D eigenvalue weighted by molar-refractivity contribution is 7.92. The fourth-order valence-electron chi connectivity index (χ4n) is 3.44. The molecule has 1 amide bonds. The van der Waals surface area contributed by atoms with Crippen LogP contribution in [0.15, 0.2) is 42.5 Å². The van der Waals surface area contributed by atoms with E-state index >= 15 is 0 Å². The molecule has 170 valence electrons. The Kier molecular flexibility index (Phi) is 7.42. The maximum atomic E-state index is 13.0. The largest absolute Gasteiger partial charge is 0.495 e. The summed E-state index contributed by atoms with van der Waals surface area (Å²) in [7, 11) is -2.27. The van der Waals surface area contributed by atoms with Gasteiger partial charge in [-0.15, -0.1) is 0 Å². The quantitative estimate of drug-likeness (QED) is 0.687. The zero-order valence-electron chi connectivity index (χ0n) is 19.7. The number of methoxy groups -OCH3 is 1. The summed E-state index contributed by atoms with van der Waals surface area (Å²) >= 11 is 0. The molecular weight excluding hydrogens is 412 g/mol. The maximum absolute atomic E-state index is 13.0. The van der Waals surface area contributed by atoms with Gasteiger partial charge in [0.1, 0.15) is 11.8 Å². The van der Waals surface area contributed by atoms with E-state index < -0.39 is 16.1 Å². The molecule has 2 aromatic carbocycles. The summed E-state index contributed by atoms with van der Waals surface area (Å²) in [5.41, 5.74) is 3.41. The van der Waals surface area contributed by atoms with E-state index in [2.05, 4.69) is 38.2 Å². The van der Waals surface area contributed by atoms with Crippen LogP contribution in [0.25, 0.3) is 0 Å². The Balaban J connectivity index is 2.29. The van der Waals surface area contributed by atoms with Crippen LogP contribution in [0.4, 0.5) is 5.69 Å². The number of amides is 1. The van der Waals surface area contributed by atoms with Gasteiger partial charge in [-0.25, -0.2) is 8.42 Å². The minimum atomic E-state index is -3.74. The molecule has 0 saturated carbocycles. The monoisotopic (exact) mass is 446 g/mol. The molecule has 2 atom stereocenters. The molecule has 1 N–H and O–H groups in total. The van der Waals surface area contributed by atoms with Crippen molar-refractivity contribution in [3.05, 3.63) is 59.2 Å². The smallest absolute Gasteiger partial charge is 0.244 e. The second kappa shape index (κ2) is 9.30. The lowest BCUT2D eigenvalue weighted by molar-refractivity contribution is -0.122. The highest BCUT2D eigenvalue weighted by atomic mass is 32.2. The first kappa shape index (κ1) is 24.7. The summed E-state index contributed by atoms with van der Waals surface area (Å²) in [5, 5.41) is 2.94. The molecule has 0 aliphatic carbocycles. The number of carbonyl (C=O) groups is 1. The van der Waals surface area contributed by atoms with Crippen molar-refractivity contribution in [3.8, 4) is 5.75 Å². The summed E-state index contributed by atoms with van der Waals surface area (Å²) < 4.78 is 31.7. The second-order valence-electron chi connectivity index (χ2n) is 9.01. The lowest BCUT2D eigenvalue weighted by atomic mass is 9.86. The fourth-order valence-corrected chi connectivity index (χ4v) is 4.61. The lowest BCUT2D eigenvalue weighted by Crippen LogP contribution is -2.48. The van der Waals surface area contributed by atoms with E-state index in [-0.39, 0.29) is 17.4 Å². The van der Waals surface area contributed by atoms with Crippen LogP contribution >= 0.6 is 0 Å². The Morgan fingerprint density at radius 1 is 1.06 bits per heavy atom. The van der Waals surface area contributed by atoms with Gasteiger partial charge in [-0.1, -0.05) is 51.1 Å². The number of hydrogen-bond acceptors (Lipinski definition) is 4. The highest BCUT2D eigenvalue weighted by Gasteiger charge is 2.32. The van der Waals surface area contributed by atoms with Gasteiger partial charge in [0, 0.05) is 0 Å². The fraction of sp³-hybridized carbons (Fsp3) is 0.458. The maximum Gasteiger partial charge on any atom is 0.244 e. The van der Waals surface area contributed by atoms with Gasteiger partial charge in [-0.2, -0.15) is 0 Å². The van der Waals surface area contributed by atoms with E-state index in [0.717, 1.165) is 21.7 Å². The molecule has 0 aliphatic heterocycles. The molecule has 0 fully saturated rings. The van der Waals surface area contributed by atoms with Crippen LogP contribution in [-0.2, 0) is 20.2 Å². The average molecular weight is 447 g/mol. The zero-order chi connectivity index (χ0) is 23.6. The Morgan fingerprint density at radius 3 is 2.13 bits per heavy atom. The number of benzene rings is 2. The van der Waals surface area contributed by atoms with Crippen LogP contribution < -0.4 is 14.4 Å². The van der Waals surface area contributed by atoms with Gasteiger partial charge in [0.25, 0.3) is 0 Å². The van der Waals surface area contributed by atoms with Crippen LogP contribution in [0, 0.1) is 6.92 Å². The molecule has 2 aromatic rings. The molecule has 7 heteroatoms. The number of nitrogens with one attached hydrogen (secondary N) is 1. The standard InChI is InChI=1S/C24H34N2O4S/c1-16-9-14-22(30-7)21(15-16)26(31(8,28)29)18(3)23(27)25-17(2)19-10-12-20(13-11-19)24(4,5)6/h9-15,17-18H,1-8H3,(H,25,27)/t17-,18-/m1/s1. The first-order valence-electron chi connectivity index (χ1n) is 10.3. The first-order chi connectivity index (χ1) is 14.3. The van der Waals surface area contributed by atoms with Crippen LogP contribution in [0.1, 0.15) is 57.4 Å². The van der Waals surface area contributed by atoms with Gasteiger partial charge in [0.15, 0.2) is 0 Å². The normalized spacial score (nSPS) is 13.9. The van der Waals surface area contributed by atoms with E-state index in [1.165, 1.54) is 12.7 Å². The van der Waals surface area contributed by atoms with E-state index in [0.29, 0.717) is 11.4 Å². The van der Waals surface area contributed by atoms with E-state index in [1.54, 1.807) is 19.1 Å². The van der Waals surface area contributed by atoms with Crippen molar-refractivity contribution in [2.45, 2.75) is 59.0 Å². The molecule has 6 nitrogen and oxygen atoms in total. The van der Waals surface area contributed by atoms with E-state index in [4.69, 9.17) is 4.74 Å². The predicted octanol–water partition coefficient (Wildman–Crippen LogP) is 4.33. The average Bonchev–Trinajstić information content (AvgIpc) is 2.66.